The van der Waals surface area contributed by atoms with Crippen LogP contribution in [0.2, 0.25) is 0 Å². The number of fused-ring (bicyclic) bond motifs is 1. The van der Waals surface area contributed by atoms with Crippen LogP contribution < -0.4 is 10.2 Å². The summed E-state index contributed by atoms with van der Waals surface area (Å²) < 4.78 is 13.3. The number of hydrogen-bond acceptors (Lipinski definition) is 10. The van der Waals surface area contributed by atoms with E-state index in [0.29, 0.717) is 12.1 Å². The second-order valence-electron chi connectivity index (χ2n) is 13.4. The number of para-hydroxylation sites is 2. The van der Waals surface area contributed by atoms with Crippen molar-refractivity contribution in [2.75, 3.05) is 37.6 Å². The lowest BCUT2D eigenvalue weighted by atomic mass is 9.98. The number of carbonyl (C=O) groups is 1. The molecule has 0 spiro atoms. The summed E-state index contributed by atoms with van der Waals surface area (Å²) in [6.07, 6.45) is 5.08. The van der Waals surface area contributed by atoms with Crippen LogP contribution in [0.25, 0.3) is 22.2 Å². The molecule has 1 amide bonds. The molecule has 0 bridgehead atoms. The van der Waals surface area contributed by atoms with Crippen molar-refractivity contribution >= 4 is 22.9 Å². The molecule has 2 N–H and O–H groups in total. The minimum atomic E-state index is -0.538. The third kappa shape index (κ3) is 8.24. The molecule has 2 fully saturated rings. The van der Waals surface area contributed by atoms with E-state index < -0.39 is 6.29 Å². The number of nitrogens with one attached hydrogen (secondary N) is 1. The minimum Gasteiger partial charge on any atom is -0.392 e. The van der Waals surface area contributed by atoms with Crippen LogP contribution in [0.15, 0.2) is 122 Å². The number of aromatic nitrogens is 4. The number of ether oxygens (including phenoxy) is 2. The van der Waals surface area contributed by atoms with Crippen LogP contribution >= 0.6 is 0 Å². The number of anilines is 1. The van der Waals surface area contributed by atoms with Crippen LogP contribution in [0, 0.1) is 0 Å². The van der Waals surface area contributed by atoms with Crippen LogP contribution in [0.1, 0.15) is 51.6 Å². The fourth-order valence-electron chi connectivity index (χ4n) is 6.94. The third-order valence-corrected chi connectivity index (χ3v) is 9.86. The number of rotatable bonds is 10. The lowest BCUT2D eigenvalue weighted by molar-refractivity contribution is -0.253. The highest BCUT2D eigenvalue weighted by Crippen LogP contribution is 2.39. The predicted octanol–water partition coefficient (Wildman–Crippen LogP) is 5.88. The summed E-state index contributed by atoms with van der Waals surface area (Å²) in [6, 6.07) is 33.8. The van der Waals surface area contributed by atoms with Crippen molar-refractivity contribution in [3.05, 3.63) is 150 Å². The molecule has 8 rings (SSSR count). The average molecular weight is 708 g/mol. The SMILES string of the molecule is O=C(NCc1cccc(-c2ccc(C3OC(CN4CCN(c5ncccn5)CC4)CC(c4ccc(CO)cc4)O3)cc2)c1)c1cnc2ccccc2n1. The number of amides is 1. The largest absolute Gasteiger partial charge is 0.392 e. The first-order chi connectivity index (χ1) is 26.1. The monoisotopic (exact) mass is 707 g/mol. The summed E-state index contributed by atoms with van der Waals surface area (Å²) in [6.45, 7) is 4.67. The van der Waals surface area contributed by atoms with E-state index in [0.717, 1.165) is 84.0 Å². The van der Waals surface area contributed by atoms with Gasteiger partial charge in [0, 0.05) is 63.6 Å². The normalized spacial score (nSPS) is 19.3. The second-order valence-corrected chi connectivity index (χ2v) is 13.4. The highest BCUT2D eigenvalue weighted by Gasteiger charge is 2.34. The molecular formula is C42H41N7O4. The lowest BCUT2D eigenvalue weighted by Crippen LogP contribution is -2.50. The number of benzene rings is 4. The highest BCUT2D eigenvalue weighted by molar-refractivity contribution is 5.93. The lowest BCUT2D eigenvalue weighted by Gasteiger charge is -2.40. The van der Waals surface area contributed by atoms with Crippen molar-refractivity contribution in [1.29, 1.82) is 0 Å². The Morgan fingerprint density at radius 3 is 2.28 bits per heavy atom. The maximum Gasteiger partial charge on any atom is 0.271 e. The first-order valence-corrected chi connectivity index (χ1v) is 18.0. The summed E-state index contributed by atoms with van der Waals surface area (Å²) in [4.78, 5) is 35.2. The Kier molecular flexibility index (Phi) is 10.4. The van der Waals surface area contributed by atoms with E-state index in [1.807, 2.05) is 66.7 Å². The molecule has 0 radical (unpaired) electrons. The van der Waals surface area contributed by atoms with Gasteiger partial charge >= 0.3 is 0 Å². The maximum absolute atomic E-state index is 12.9. The van der Waals surface area contributed by atoms with E-state index in [4.69, 9.17) is 9.47 Å². The van der Waals surface area contributed by atoms with E-state index >= 15 is 0 Å². The van der Waals surface area contributed by atoms with Crippen LogP contribution in [0.4, 0.5) is 5.95 Å². The molecule has 3 unspecified atom stereocenters. The number of nitrogens with zero attached hydrogens (tertiary/aromatic N) is 6. The molecule has 2 aromatic heterocycles. The van der Waals surface area contributed by atoms with Crippen molar-refractivity contribution < 1.29 is 19.4 Å². The molecule has 4 heterocycles. The zero-order chi connectivity index (χ0) is 36.0. The van der Waals surface area contributed by atoms with E-state index in [9.17, 15) is 9.90 Å². The Hall–Kier alpha value is -5.59. The van der Waals surface area contributed by atoms with Gasteiger partial charge in [-0.2, -0.15) is 0 Å². The van der Waals surface area contributed by atoms with Gasteiger partial charge in [0.25, 0.3) is 5.91 Å². The molecule has 2 aliphatic heterocycles. The van der Waals surface area contributed by atoms with Gasteiger partial charge in [-0.15, -0.1) is 0 Å². The average Bonchev–Trinajstić information content (AvgIpc) is 3.23. The Morgan fingerprint density at radius 1 is 0.755 bits per heavy atom. The van der Waals surface area contributed by atoms with Crippen molar-refractivity contribution in [2.45, 2.75) is 38.1 Å². The Labute approximate surface area is 308 Å². The fourth-order valence-corrected chi connectivity index (χ4v) is 6.94. The van der Waals surface area contributed by atoms with Crippen molar-refractivity contribution in [3.63, 3.8) is 0 Å². The molecule has 268 valence electrons. The Balaban J connectivity index is 0.935. The van der Waals surface area contributed by atoms with Gasteiger partial charge in [0.05, 0.1) is 36.0 Å². The molecule has 53 heavy (non-hydrogen) atoms. The third-order valence-electron chi connectivity index (χ3n) is 9.86. The van der Waals surface area contributed by atoms with Gasteiger partial charge < -0.3 is 24.8 Å². The Morgan fingerprint density at radius 2 is 1.51 bits per heavy atom. The Bertz CT molecular complexity index is 2140. The summed E-state index contributed by atoms with van der Waals surface area (Å²) in [7, 11) is 0. The molecule has 11 nitrogen and oxygen atoms in total. The predicted molar refractivity (Wildman–Crippen MR) is 202 cm³/mol. The summed E-state index contributed by atoms with van der Waals surface area (Å²) in [5.74, 6) is 0.505. The van der Waals surface area contributed by atoms with Gasteiger partial charge in [0.1, 0.15) is 5.69 Å². The number of piperazine rings is 1. The van der Waals surface area contributed by atoms with Crippen LogP contribution in [-0.2, 0) is 22.6 Å². The molecule has 2 aliphatic rings. The molecule has 0 aliphatic carbocycles. The molecule has 0 saturated carbocycles. The second kappa shape index (κ2) is 16.0. The summed E-state index contributed by atoms with van der Waals surface area (Å²) >= 11 is 0. The van der Waals surface area contributed by atoms with Crippen molar-refractivity contribution in [1.82, 2.24) is 30.2 Å². The zero-order valence-corrected chi connectivity index (χ0v) is 29.3. The number of aliphatic hydroxyl groups is 1. The number of carbonyl (C=O) groups excluding carboxylic acids is 1. The topological polar surface area (TPSA) is 126 Å². The van der Waals surface area contributed by atoms with Crippen LogP contribution in [-0.4, -0.2) is 74.7 Å². The molecule has 2 saturated heterocycles. The van der Waals surface area contributed by atoms with Crippen LogP contribution in [0.5, 0.6) is 0 Å². The van der Waals surface area contributed by atoms with E-state index in [1.165, 1.54) is 6.20 Å². The first kappa shape index (κ1) is 34.5. The van der Waals surface area contributed by atoms with Gasteiger partial charge in [0.2, 0.25) is 5.95 Å². The molecule has 4 aromatic carbocycles. The zero-order valence-electron chi connectivity index (χ0n) is 29.3. The highest BCUT2D eigenvalue weighted by atomic mass is 16.7. The molecule has 3 atom stereocenters. The van der Waals surface area contributed by atoms with Gasteiger partial charge in [-0.25, -0.2) is 15.0 Å². The van der Waals surface area contributed by atoms with Crippen molar-refractivity contribution in [2.24, 2.45) is 0 Å². The van der Waals surface area contributed by atoms with Gasteiger partial charge in [-0.1, -0.05) is 78.9 Å². The quantitative estimate of drug-likeness (QED) is 0.178. The van der Waals surface area contributed by atoms with Gasteiger partial charge in [-0.3, -0.25) is 14.7 Å². The fraction of sp³-hybridized carbons (Fsp3) is 0.262. The first-order valence-electron chi connectivity index (χ1n) is 18.0. The van der Waals surface area contributed by atoms with Gasteiger partial charge in [0.15, 0.2) is 6.29 Å². The number of aliphatic hydroxyl groups excluding tert-OH is 1. The van der Waals surface area contributed by atoms with Crippen LogP contribution in [0.3, 0.4) is 0 Å². The van der Waals surface area contributed by atoms with Crippen molar-refractivity contribution in [3.8, 4) is 11.1 Å². The molecular weight excluding hydrogens is 667 g/mol. The standard InChI is InChI=1S/C42H41N7O4/c50-28-29-9-11-32(12-10-29)39-24-35(27-48-19-21-49(22-20-48)42-43-17-4-18-44-42)52-41(53-39)33-15-13-31(14-16-33)34-6-3-5-30(23-34)25-46-40(51)38-26-45-36-7-1-2-8-37(36)47-38/h1-18,23,26,35,39,41,50H,19-22,24-25,27-28H2,(H,46,51). The maximum atomic E-state index is 12.9. The van der Waals surface area contributed by atoms with Gasteiger partial charge in [-0.05, 0) is 52.1 Å². The van der Waals surface area contributed by atoms with E-state index in [2.05, 4.69) is 71.5 Å². The molecule has 6 aromatic rings. The van der Waals surface area contributed by atoms with E-state index in [1.54, 1.807) is 12.4 Å². The minimum absolute atomic E-state index is 0.00454. The summed E-state index contributed by atoms with van der Waals surface area (Å²) in [5.41, 5.74) is 7.67. The van der Waals surface area contributed by atoms with E-state index in [-0.39, 0.29) is 30.4 Å². The number of hydrogen-bond donors (Lipinski definition) is 2. The smallest absolute Gasteiger partial charge is 0.271 e. The molecule has 11 heteroatoms. The summed E-state index contributed by atoms with van der Waals surface area (Å²) in [5, 5.41) is 12.6.